The monoisotopic (exact) mass is 213 g/mol. The summed E-state index contributed by atoms with van der Waals surface area (Å²) in [6, 6.07) is 0.482. The van der Waals surface area contributed by atoms with Crippen molar-refractivity contribution in [1.82, 2.24) is 10.2 Å². The van der Waals surface area contributed by atoms with Crippen LogP contribution in [0.5, 0.6) is 0 Å². The van der Waals surface area contributed by atoms with Crippen LogP contribution in [-0.4, -0.2) is 56.9 Å². The molecule has 0 atom stereocenters. The van der Waals surface area contributed by atoms with E-state index >= 15 is 0 Å². The van der Waals surface area contributed by atoms with Crippen molar-refractivity contribution in [2.24, 2.45) is 11.7 Å². The molecule has 3 N–H and O–H groups in total. The van der Waals surface area contributed by atoms with E-state index in [1.165, 1.54) is 12.8 Å². The van der Waals surface area contributed by atoms with Crippen molar-refractivity contribution in [2.75, 3.05) is 45.9 Å². The van der Waals surface area contributed by atoms with Crippen molar-refractivity contribution in [3.8, 4) is 0 Å². The highest BCUT2D eigenvalue weighted by Gasteiger charge is 2.24. The van der Waals surface area contributed by atoms with Crippen LogP contribution in [0.25, 0.3) is 0 Å². The van der Waals surface area contributed by atoms with Crippen molar-refractivity contribution in [3.63, 3.8) is 0 Å². The molecule has 0 bridgehead atoms. The fourth-order valence-corrected chi connectivity index (χ4v) is 2.32. The van der Waals surface area contributed by atoms with Gasteiger partial charge in [-0.25, -0.2) is 0 Å². The van der Waals surface area contributed by atoms with Gasteiger partial charge in [0, 0.05) is 32.2 Å². The number of morpholine rings is 1. The molecule has 0 aromatic rings. The quantitative estimate of drug-likeness (QED) is 0.613. The maximum Gasteiger partial charge on any atom is 0.0594 e. The Bertz CT molecular complexity index is 177. The number of ether oxygens (including phenoxy) is 1. The van der Waals surface area contributed by atoms with Gasteiger partial charge in [-0.15, -0.1) is 0 Å². The third-order valence-electron chi connectivity index (χ3n) is 3.41. The van der Waals surface area contributed by atoms with E-state index < -0.39 is 0 Å². The Morgan fingerprint density at radius 1 is 1.27 bits per heavy atom. The van der Waals surface area contributed by atoms with E-state index in [0.29, 0.717) is 6.04 Å². The van der Waals surface area contributed by atoms with E-state index in [2.05, 4.69) is 10.2 Å². The topological polar surface area (TPSA) is 50.5 Å². The Morgan fingerprint density at radius 2 is 2.00 bits per heavy atom. The molecule has 15 heavy (non-hydrogen) atoms. The molecular weight excluding hydrogens is 190 g/mol. The summed E-state index contributed by atoms with van der Waals surface area (Å²) in [5.41, 5.74) is 5.74. The Hall–Kier alpha value is -0.160. The van der Waals surface area contributed by atoms with E-state index in [-0.39, 0.29) is 0 Å². The van der Waals surface area contributed by atoms with Crippen LogP contribution in [0.2, 0.25) is 0 Å². The summed E-state index contributed by atoms with van der Waals surface area (Å²) >= 11 is 0. The van der Waals surface area contributed by atoms with Gasteiger partial charge in [-0.3, -0.25) is 4.90 Å². The zero-order valence-corrected chi connectivity index (χ0v) is 9.45. The maximum absolute atomic E-state index is 5.74. The van der Waals surface area contributed by atoms with Gasteiger partial charge in [-0.1, -0.05) is 0 Å². The summed E-state index contributed by atoms with van der Waals surface area (Å²) in [6.07, 6.45) is 2.43. The minimum atomic E-state index is 0.482. The van der Waals surface area contributed by atoms with Gasteiger partial charge < -0.3 is 15.8 Å². The molecule has 0 aromatic carbocycles. The number of nitrogens with zero attached hydrogens (tertiary/aromatic N) is 1. The molecule has 4 heteroatoms. The van der Waals surface area contributed by atoms with Crippen LogP contribution in [0.4, 0.5) is 0 Å². The maximum atomic E-state index is 5.74. The Morgan fingerprint density at radius 3 is 2.67 bits per heavy atom. The van der Waals surface area contributed by atoms with Crippen LogP contribution in [0, 0.1) is 5.92 Å². The van der Waals surface area contributed by atoms with Crippen LogP contribution < -0.4 is 11.1 Å². The second-order valence-corrected chi connectivity index (χ2v) is 4.76. The first kappa shape index (κ1) is 11.3. The molecule has 4 nitrogen and oxygen atoms in total. The van der Waals surface area contributed by atoms with Crippen molar-refractivity contribution in [1.29, 1.82) is 0 Å². The molecule has 1 saturated heterocycles. The first-order valence-corrected chi connectivity index (χ1v) is 6.11. The Kier molecular flexibility index (Phi) is 4.38. The fourth-order valence-electron chi connectivity index (χ4n) is 2.32. The van der Waals surface area contributed by atoms with Crippen LogP contribution >= 0.6 is 0 Å². The van der Waals surface area contributed by atoms with Crippen LogP contribution in [0.1, 0.15) is 12.8 Å². The number of hydrogen-bond donors (Lipinski definition) is 2. The predicted octanol–water partition coefficient (Wildman–Crippen LogP) is -0.354. The van der Waals surface area contributed by atoms with Crippen molar-refractivity contribution in [3.05, 3.63) is 0 Å². The van der Waals surface area contributed by atoms with E-state index in [4.69, 9.17) is 10.5 Å². The third kappa shape index (κ3) is 3.72. The number of nitrogens with two attached hydrogens (primary N) is 1. The van der Waals surface area contributed by atoms with Gasteiger partial charge in [-0.05, 0) is 25.3 Å². The lowest BCUT2D eigenvalue weighted by Gasteiger charge is -2.33. The van der Waals surface area contributed by atoms with Gasteiger partial charge >= 0.3 is 0 Å². The SMILES string of the molecule is NC1CC(CNCCN2CCOCC2)C1. The molecule has 0 amide bonds. The summed E-state index contributed by atoms with van der Waals surface area (Å²) in [6.45, 7) is 7.40. The number of nitrogens with one attached hydrogen (secondary N) is 1. The smallest absolute Gasteiger partial charge is 0.0594 e. The molecule has 88 valence electrons. The van der Waals surface area contributed by atoms with Crippen LogP contribution in [0.15, 0.2) is 0 Å². The molecule has 1 heterocycles. The Labute approximate surface area is 92.1 Å². The first-order chi connectivity index (χ1) is 7.34. The summed E-state index contributed by atoms with van der Waals surface area (Å²) in [7, 11) is 0. The Balaban J connectivity index is 1.44. The second kappa shape index (κ2) is 5.80. The van der Waals surface area contributed by atoms with Gasteiger partial charge in [0.05, 0.1) is 13.2 Å². The molecule has 2 fully saturated rings. The van der Waals surface area contributed by atoms with Crippen LogP contribution in [-0.2, 0) is 4.74 Å². The number of rotatable bonds is 5. The minimum Gasteiger partial charge on any atom is -0.379 e. The lowest BCUT2D eigenvalue weighted by Crippen LogP contribution is -2.44. The van der Waals surface area contributed by atoms with Crippen molar-refractivity contribution in [2.45, 2.75) is 18.9 Å². The average Bonchev–Trinajstić information content (AvgIpc) is 2.23. The van der Waals surface area contributed by atoms with Crippen molar-refractivity contribution >= 4 is 0 Å². The normalized spacial score (nSPS) is 32.6. The summed E-state index contributed by atoms with van der Waals surface area (Å²) < 4.78 is 5.31. The molecule has 0 unspecified atom stereocenters. The lowest BCUT2D eigenvalue weighted by atomic mass is 9.81. The van der Waals surface area contributed by atoms with E-state index in [1.807, 2.05) is 0 Å². The van der Waals surface area contributed by atoms with Crippen molar-refractivity contribution < 1.29 is 4.74 Å². The predicted molar refractivity (Wildman–Crippen MR) is 60.8 cm³/mol. The summed E-state index contributed by atoms with van der Waals surface area (Å²) in [5.74, 6) is 0.838. The standard InChI is InChI=1S/C11H23N3O/c12-11-7-10(8-11)9-13-1-2-14-3-5-15-6-4-14/h10-11,13H,1-9,12H2. The molecular formula is C11H23N3O. The molecule has 0 radical (unpaired) electrons. The van der Waals surface area contributed by atoms with E-state index in [1.54, 1.807) is 0 Å². The highest BCUT2D eigenvalue weighted by atomic mass is 16.5. The van der Waals surface area contributed by atoms with Gasteiger partial charge in [0.2, 0.25) is 0 Å². The van der Waals surface area contributed by atoms with E-state index in [0.717, 1.165) is 51.9 Å². The average molecular weight is 213 g/mol. The highest BCUT2D eigenvalue weighted by molar-refractivity contribution is 4.83. The zero-order valence-electron chi connectivity index (χ0n) is 9.45. The molecule has 1 aliphatic carbocycles. The zero-order chi connectivity index (χ0) is 10.5. The van der Waals surface area contributed by atoms with Gasteiger partial charge in [0.25, 0.3) is 0 Å². The molecule has 2 rings (SSSR count). The molecule has 0 aromatic heterocycles. The molecule has 0 spiro atoms. The summed E-state index contributed by atoms with van der Waals surface area (Å²) in [5, 5.41) is 3.52. The van der Waals surface area contributed by atoms with Gasteiger partial charge in [0.1, 0.15) is 0 Å². The third-order valence-corrected chi connectivity index (χ3v) is 3.41. The largest absolute Gasteiger partial charge is 0.379 e. The van der Waals surface area contributed by atoms with Crippen LogP contribution in [0.3, 0.4) is 0 Å². The van der Waals surface area contributed by atoms with Gasteiger partial charge in [-0.2, -0.15) is 0 Å². The minimum absolute atomic E-state index is 0.482. The summed E-state index contributed by atoms with van der Waals surface area (Å²) in [4.78, 5) is 2.46. The fraction of sp³-hybridized carbons (Fsp3) is 1.00. The molecule has 2 aliphatic rings. The lowest BCUT2D eigenvalue weighted by molar-refractivity contribution is 0.0382. The van der Waals surface area contributed by atoms with E-state index in [9.17, 15) is 0 Å². The first-order valence-electron chi connectivity index (χ1n) is 6.11. The second-order valence-electron chi connectivity index (χ2n) is 4.76. The highest BCUT2D eigenvalue weighted by Crippen LogP contribution is 2.24. The van der Waals surface area contributed by atoms with Gasteiger partial charge in [0.15, 0.2) is 0 Å². The molecule has 1 saturated carbocycles. The number of hydrogen-bond acceptors (Lipinski definition) is 4. The molecule has 1 aliphatic heterocycles.